The quantitative estimate of drug-likeness (QED) is 0.662. The van der Waals surface area contributed by atoms with Crippen LogP contribution < -0.4 is 5.32 Å². The molecule has 5 nitrogen and oxygen atoms in total. The molecule has 1 aromatic heterocycles. The molecule has 1 N–H and O–H groups in total. The van der Waals surface area contributed by atoms with E-state index in [1.54, 1.807) is 38.4 Å². The first-order valence-electron chi connectivity index (χ1n) is 8.42. The average molecular weight is 419 g/mol. The van der Waals surface area contributed by atoms with E-state index in [1.807, 2.05) is 0 Å². The van der Waals surface area contributed by atoms with Gasteiger partial charge in [-0.15, -0.1) is 11.3 Å². The van der Waals surface area contributed by atoms with Crippen LogP contribution in [0.25, 0.3) is 10.6 Å². The van der Waals surface area contributed by atoms with Crippen LogP contribution in [0.3, 0.4) is 0 Å². The fourth-order valence-corrected chi connectivity index (χ4v) is 3.34. The largest absolute Gasteiger partial charge is 0.416 e. The van der Waals surface area contributed by atoms with Crippen LogP contribution in [0.15, 0.2) is 53.9 Å². The van der Waals surface area contributed by atoms with E-state index in [2.05, 4.69) is 10.3 Å². The van der Waals surface area contributed by atoms with Gasteiger partial charge < -0.3 is 10.2 Å². The van der Waals surface area contributed by atoms with E-state index in [0.717, 1.165) is 23.5 Å². The standard InChI is InChI=1S/C20H16F3N3O2S/c1-26(2)19(28)14-8-3-4-9-15(14)24-17(27)16-11-29-18(25-16)12-6-5-7-13(10-12)20(21,22)23/h3-11H,1-2H3,(H,24,27). The van der Waals surface area contributed by atoms with E-state index in [1.165, 1.54) is 22.4 Å². The molecule has 2 aromatic carbocycles. The highest BCUT2D eigenvalue weighted by molar-refractivity contribution is 7.13. The summed E-state index contributed by atoms with van der Waals surface area (Å²) in [7, 11) is 3.20. The molecule has 0 aliphatic carbocycles. The van der Waals surface area contributed by atoms with Gasteiger partial charge in [0.15, 0.2) is 0 Å². The van der Waals surface area contributed by atoms with Crippen LogP contribution in [0, 0.1) is 0 Å². The zero-order chi connectivity index (χ0) is 21.2. The van der Waals surface area contributed by atoms with Crippen molar-refractivity contribution in [2.24, 2.45) is 0 Å². The zero-order valence-corrected chi connectivity index (χ0v) is 16.3. The number of halogens is 3. The molecule has 150 valence electrons. The van der Waals surface area contributed by atoms with Gasteiger partial charge in [-0.05, 0) is 24.3 Å². The third-order valence-electron chi connectivity index (χ3n) is 3.99. The highest BCUT2D eigenvalue weighted by Crippen LogP contribution is 2.33. The van der Waals surface area contributed by atoms with Crippen LogP contribution in [-0.4, -0.2) is 35.8 Å². The predicted molar refractivity (Wildman–Crippen MR) is 105 cm³/mol. The molecule has 0 aliphatic heterocycles. The molecule has 0 saturated heterocycles. The third-order valence-corrected chi connectivity index (χ3v) is 4.88. The SMILES string of the molecule is CN(C)C(=O)c1ccccc1NC(=O)c1csc(-c2cccc(C(F)(F)F)c2)n1. The summed E-state index contributed by atoms with van der Waals surface area (Å²) in [5, 5.41) is 4.39. The molecule has 0 atom stereocenters. The average Bonchev–Trinajstić information content (AvgIpc) is 3.17. The lowest BCUT2D eigenvalue weighted by Crippen LogP contribution is -2.24. The second-order valence-corrected chi connectivity index (χ2v) is 7.17. The van der Waals surface area contributed by atoms with Gasteiger partial charge in [-0.3, -0.25) is 9.59 Å². The van der Waals surface area contributed by atoms with Crippen molar-refractivity contribution in [1.29, 1.82) is 0 Å². The van der Waals surface area contributed by atoms with Crippen LogP contribution >= 0.6 is 11.3 Å². The van der Waals surface area contributed by atoms with Crippen LogP contribution in [0.1, 0.15) is 26.4 Å². The van der Waals surface area contributed by atoms with Crippen LogP contribution in [-0.2, 0) is 6.18 Å². The Morgan fingerprint density at radius 2 is 1.79 bits per heavy atom. The number of anilines is 1. The van der Waals surface area contributed by atoms with Gasteiger partial charge in [0.05, 0.1) is 16.8 Å². The summed E-state index contributed by atoms with van der Waals surface area (Å²) in [4.78, 5) is 30.4. The lowest BCUT2D eigenvalue weighted by atomic mass is 10.1. The lowest BCUT2D eigenvalue weighted by Gasteiger charge is -2.14. The zero-order valence-electron chi connectivity index (χ0n) is 15.4. The van der Waals surface area contributed by atoms with Crippen molar-refractivity contribution in [2.45, 2.75) is 6.18 Å². The molecule has 0 radical (unpaired) electrons. The Morgan fingerprint density at radius 3 is 2.48 bits per heavy atom. The maximum atomic E-state index is 12.9. The number of rotatable bonds is 4. The maximum absolute atomic E-state index is 12.9. The number of amides is 2. The Balaban J connectivity index is 1.84. The van der Waals surface area contributed by atoms with E-state index < -0.39 is 17.6 Å². The molecule has 0 unspecified atom stereocenters. The van der Waals surface area contributed by atoms with Crippen molar-refractivity contribution >= 4 is 28.8 Å². The second-order valence-electron chi connectivity index (χ2n) is 6.32. The van der Waals surface area contributed by atoms with Gasteiger partial charge in [0.2, 0.25) is 0 Å². The molecule has 9 heteroatoms. The third kappa shape index (κ3) is 4.62. The number of aromatic nitrogens is 1. The number of carbonyl (C=O) groups excluding carboxylic acids is 2. The highest BCUT2D eigenvalue weighted by atomic mass is 32.1. The van der Waals surface area contributed by atoms with Gasteiger partial charge in [-0.2, -0.15) is 13.2 Å². The molecule has 3 aromatic rings. The molecule has 3 rings (SSSR count). The predicted octanol–water partition coefficient (Wildman–Crippen LogP) is 4.78. The molecule has 0 bridgehead atoms. The number of nitrogens with zero attached hydrogens (tertiary/aromatic N) is 2. The minimum absolute atomic E-state index is 0.0505. The fraction of sp³-hybridized carbons (Fsp3) is 0.150. The second kappa shape index (κ2) is 8.04. The number of nitrogens with one attached hydrogen (secondary N) is 1. The van der Waals surface area contributed by atoms with Crippen molar-refractivity contribution in [1.82, 2.24) is 9.88 Å². The lowest BCUT2D eigenvalue weighted by molar-refractivity contribution is -0.137. The first-order valence-corrected chi connectivity index (χ1v) is 9.30. The molecule has 1 heterocycles. The summed E-state index contributed by atoms with van der Waals surface area (Å²) in [5.41, 5.74) is 0.179. The van der Waals surface area contributed by atoms with Crippen molar-refractivity contribution in [3.63, 3.8) is 0 Å². The summed E-state index contributed by atoms with van der Waals surface area (Å²) in [6.07, 6.45) is -4.46. The van der Waals surface area contributed by atoms with Gasteiger partial charge in [-0.1, -0.05) is 24.3 Å². The molecule has 29 heavy (non-hydrogen) atoms. The molecular formula is C20H16F3N3O2S. The van der Waals surface area contributed by atoms with E-state index in [4.69, 9.17) is 0 Å². The topological polar surface area (TPSA) is 62.3 Å². The van der Waals surface area contributed by atoms with E-state index in [-0.39, 0.29) is 17.2 Å². The van der Waals surface area contributed by atoms with E-state index in [9.17, 15) is 22.8 Å². The molecule has 0 saturated carbocycles. The first kappa shape index (κ1) is 20.5. The minimum atomic E-state index is -4.46. The van der Waals surface area contributed by atoms with Crippen molar-refractivity contribution in [3.05, 3.63) is 70.7 Å². The number of benzene rings is 2. The number of hydrogen-bond donors (Lipinski definition) is 1. The number of alkyl halides is 3. The summed E-state index contributed by atoms with van der Waals surface area (Å²) < 4.78 is 38.7. The van der Waals surface area contributed by atoms with Gasteiger partial charge in [-0.25, -0.2) is 4.98 Å². The molecular weight excluding hydrogens is 403 g/mol. The van der Waals surface area contributed by atoms with E-state index >= 15 is 0 Å². The van der Waals surface area contributed by atoms with Crippen LogP contribution in [0.2, 0.25) is 0 Å². The minimum Gasteiger partial charge on any atom is -0.345 e. The monoisotopic (exact) mass is 419 g/mol. The summed E-state index contributed by atoms with van der Waals surface area (Å²) >= 11 is 1.06. The van der Waals surface area contributed by atoms with Gasteiger partial charge in [0.1, 0.15) is 10.7 Å². The summed E-state index contributed by atoms with van der Waals surface area (Å²) in [6.45, 7) is 0. The molecule has 2 amide bonds. The smallest absolute Gasteiger partial charge is 0.345 e. The van der Waals surface area contributed by atoms with Crippen molar-refractivity contribution in [2.75, 3.05) is 19.4 Å². The number of thiazole rings is 1. The van der Waals surface area contributed by atoms with Gasteiger partial charge in [0.25, 0.3) is 11.8 Å². The van der Waals surface area contributed by atoms with Crippen molar-refractivity contribution in [3.8, 4) is 10.6 Å². The maximum Gasteiger partial charge on any atom is 0.416 e. The Hall–Kier alpha value is -3.20. The van der Waals surface area contributed by atoms with Gasteiger partial charge >= 0.3 is 6.18 Å². The normalized spacial score (nSPS) is 11.2. The molecule has 0 aliphatic rings. The molecule has 0 spiro atoms. The summed E-state index contributed by atoms with van der Waals surface area (Å²) in [6, 6.07) is 11.3. The number of para-hydroxylation sites is 1. The Morgan fingerprint density at radius 1 is 1.07 bits per heavy atom. The first-order chi connectivity index (χ1) is 13.7. The van der Waals surface area contributed by atoms with Crippen LogP contribution in [0.4, 0.5) is 18.9 Å². The fourth-order valence-electron chi connectivity index (χ4n) is 2.55. The van der Waals surface area contributed by atoms with Crippen LogP contribution in [0.5, 0.6) is 0 Å². The number of carbonyl (C=O) groups is 2. The van der Waals surface area contributed by atoms with Crippen molar-refractivity contribution < 1.29 is 22.8 Å². The Kier molecular flexibility index (Phi) is 5.69. The molecule has 0 fully saturated rings. The van der Waals surface area contributed by atoms with Gasteiger partial charge in [0, 0.05) is 25.0 Å². The number of hydrogen-bond acceptors (Lipinski definition) is 4. The Labute approximate surface area is 168 Å². The van der Waals surface area contributed by atoms with E-state index in [0.29, 0.717) is 16.3 Å². The highest BCUT2D eigenvalue weighted by Gasteiger charge is 2.30. The Bertz CT molecular complexity index is 1060. The summed E-state index contributed by atoms with van der Waals surface area (Å²) in [5.74, 6) is -0.831.